The molecule has 0 atom stereocenters. The minimum absolute atomic E-state index is 0.164. The number of thiazole rings is 1. The Balaban J connectivity index is 1.69. The summed E-state index contributed by atoms with van der Waals surface area (Å²) in [6, 6.07) is 15.7. The fraction of sp³-hybridized carbons (Fsp3) is 0.167. The Labute approximate surface area is 200 Å². The monoisotopic (exact) mass is 477 g/mol. The van der Waals surface area contributed by atoms with Crippen LogP contribution < -0.4 is 11.1 Å². The summed E-state index contributed by atoms with van der Waals surface area (Å²) in [6.45, 7) is 5.92. The summed E-state index contributed by atoms with van der Waals surface area (Å²) in [5.74, 6) is -0.535. The van der Waals surface area contributed by atoms with E-state index in [4.69, 9.17) is 10.8 Å². The summed E-state index contributed by atoms with van der Waals surface area (Å²) < 4.78 is 2.55. The number of carbonyl (C=O) groups excluding carboxylic acids is 2. The second-order valence-electron chi connectivity index (χ2n) is 7.57. The molecule has 0 aliphatic carbocycles. The van der Waals surface area contributed by atoms with Crippen molar-refractivity contribution >= 4 is 40.0 Å². The summed E-state index contributed by atoms with van der Waals surface area (Å²) in [5.41, 5.74) is 11.0. The molecule has 0 fully saturated rings. The highest BCUT2D eigenvalue weighted by atomic mass is 32.2. The van der Waals surface area contributed by atoms with Crippen LogP contribution in [-0.4, -0.2) is 32.3 Å². The van der Waals surface area contributed by atoms with Crippen LogP contribution in [0, 0.1) is 20.8 Å². The minimum Gasteiger partial charge on any atom is -0.369 e. The maximum Gasteiger partial charge on any atom is 0.261 e. The van der Waals surface area contributed by atoms with Gasteiger partial charge in [-0.2, -0.15) is 5.10 Å². The largest absolute Gasteiger partial charge is 0.369 e. The summed E-state index contributed by atoms with van der Waals surface area (Å²) in [5, 5.41) is 8.09. The van der Waals surface area contributed by atoms with Crippen molar-refractivity contribution in [1.82, 2.24) is 14.8 Å². The third-order valence-corrected chi connectivity index (χ3v) is 7.54. The molecule has 0 aliphatic heterocycles. The maximum atomic E-state index is 13.3. The van der Waals surface area contributed by atoms with Crippen LogP contribution in [0.15, 0.2) is 58.9 Å². The van der Waals surface area contributed by atoms with Gasteiger partial charge in [0.2, 0.25) is 5.91 Å². The van der Waals surface area contributed by atoms with Crippen molar-refractivity contribution < 1.29 is 9.59 Å². The molecule has 0 aliphatic rings. The van der Waals surface area contributed by atoms with Gasteiger partial charge in [-0.25, -0.2) is 9.67 Å². The molecule has 9 heteroatoms. The molecule has 0 saturated heterocycles. The highest BCUT2D eigenvalue weighted by Crippen LogP contribution is 2.33. The van der Waals surface area contributed by atoms with Gasteiger partial charge in [0.1, 0.15) is 5.69 Å². The molecule has 7 nitrogen and oxygen atoms in total. The quantitative estimate of drug-likeness (QED) is 0.374. The van der Waals surface area contributed by atoms with E-state index >= 15 is 0 Å². The second-order valence-corrected chi connectivity index (χ2v) is 9.81. The Bertz CT molecular complexity index is 1330. The number of hydrogen-bond acceptors (Lipinski definition) is 6. The standard InChI is InChI=1S/C24H23N5O2S2/c1-14-9-10-17(11-15(14)2)21-19(12-29(28-21)18-7-5-4-6-8-18)22(31)27-24-26-16(3)23(33-24)32-13-20(25)30/h4-12H,13H2,1-3H3,(H2,25,30)(H,26,27,31). The maximum absolute atomic E-state index is 13.3. The van der Waals surface area contributed by atoms with Gasteiger partial charge in [-0.3, -0.25) is 14.9 Å². The van der Waals surface area contributed by atoms with Gasteiger partial charge in [0.25, 0.3) is 5.91 Å². The van der Waals surface area contributed by atoms with E-state index in [2.05, 4.69) is 10.3 Å². The fourth-order valence-corrected chi connectivity index (χ4v) is 5.10. The summed E-state index contributed by atoms with van der Waals surface area (Å²) in [7, 11) is 0. The number of para-hydroxylation sites is 1. The SMILES string of the molecule is Cc1ccc(-c2nn(-c3ccccc3)cc2C(=O)Nc2nc(C)c(SCC(N)=O)s2)cc1C. The highest BCUT2D eigenvalue weighted by molar-refractivity contribution is 8.01. The first-order valence-electron chi connectivity index (χ1n) is 10.2. The van der Waals surface area contributed by atoms with Crippen LogP contribution in [0.5, 0.6) is 0 Å². The number of anilines is 1. The molecule has 2 aromatic heterocycles. The van der Waals surface area contributed by atoms with Crippen molar-refractivity contribution in [2.45, 2.75) is 25.0 Å². The molecule has 33 heavy (non-hydrogen) atoms. The van der Waals surface area contributed by atoms with E-state index in [1.165, 1.54) is 28.7 Å². The van der Waals surface area contributed by atoms with Crippen molar-refractivity contribution in [1.29, 1.82) is 0 Å². The van der Waals surface area contributed by atoms with Crippen LogP contribution in [0.1, 0.15) is 27.2 Å². The number of thioether (sulfide) groups is 1. The number of rotatable bonds is 7. The molecule has 0 bridgehead atoms. The molecule has 0 saturated carbocycles. The van der Waals surface area contributed by atoms with Crippen LogP contribution >= 0.6 is 23.1 Å². The molecule has 2 heterocycles. The number of nitrogens with one attached hydrogen (secondary N) is 1. The van der Waals surface area contributed by atoms with Gasteiger partial charge in [0, 0.05) is 11.8 Å². The minimum atomic E-state index is -0.398. The fourth-order valence-electron chi connectivity index (χ4n) is 3.23. The van der Waals surface area contributed by atoms with Gasteiger partial charge in [-0.05, 0) is 50.1 Å². The number of aromatic nitrogens is 3. The van der Waals surface area contributed by atoms with E-state index in [0.717, 1.165) is 26.7 Å². The Hall–Kier alpha value is -3.43. The molecular formula is C24H23N5O2S2. The average molecular weight is 478 g/mol. The normalized spacial score (nSPS) is 10.9. The molecule has 0 spiro atoms. The topological polar surface area (TPSA) is 103 Å². The molecule has 2 aromatic carbocycles. The number of nitrogens with two attached hydrogens (primary N) is 1. The van der Waals surface area contributed by atoms with Gasteiger partial charge in [0.15, 0.2) is 5.13 Å². The van der Waals surface area contributed by atoms with Crippen LogP contribution in [0.2, 0.25) is 0 Å². The zero-order valence-corrected chi connectivity index (χ0v) is 20.1. The van der Waals surface area contributed by atoms with Gasteiger partial charge < -0.3 is 5.73 Å². The third kappa shape index (κ3) is 5.15. The Morgan fingerprint density at radius 2 is 1.85 bits per heavy atom. The first-order valence-corrected chi connectivity index (χ1v) is 12.0. The first kappa shape index (κ1) is 22.8. The number of nitrogens with zero attached hydrogens (tertiary/aromatic N) is 3. The number of amides is 2. The average Bonchev–Trinajstić information content (AvgIpc) is 3.38. The Kier molecular flexibility index (Phi) is 6.62. The van der Waals surface area contributed by atoms with E-state index in [0.29, 0.717) is 16.4 Å². The predicted molar refractivity (Wildman–Crippen MR) is 133 cm³/mol. The lowest BCUT2D eigenvalue weighted by Crippen LogP contribution is -2.12. The number of benzene rings is 2. The van der Waals surface area contributed by atoms with E-state index in [1.807, 2.05) is 69.3 Å². The molecule has 4 aromatic rings. The highest BCUT2D eigenvalue weighted by Gasteiger charge is 2.21. The smallest absolute Gasteiger partial charge is 0.261 e. The number of primary amides is 1. The molecule has 3 N–H and O–H groups in total. The predicted octanol–water partition coefficient (Wildman–Crippen LogP) is 4.75. The van der Waals surface area contributed by atoms with E-state index in [9.17, 15) is 9.59 Å². The summed E-state index contributed by atoms with van der Waals surface area (Å²) in [4.78, 5) is 28.8. The zero-order chi connectivity index (χ0) is 23.5. The van der Waals surface area contributed by atoms with E-state index in [-0.39, 0.29) is 11.7 Å². The number of aryl methyl sites for hydroxylation is 3. The third-order valence-electron chi connectivity index (χ3n) is 5.08. The van der Waals surface area contributed by atoms with Crippen molar-refractivity contribution in [3.8, 4) is 16.9 Å². The Morgan fingerprint density at radius 1 is 1.09 bits per heavy atom. The molecular weight excluding hydrogens is 454 g/mol. The number of hydrogen-bond donors (Lipinski definition) is 2. The van der Waals surface area contributed by atoms with Crippen LogP contribution in [0.25, 0.3) is 16.9 Å². The van der Waals surface area contributed by atoms with E-state index < -0.39 is 5.91 Å². The lowest BCUT2D eigenvalue weighted by Gasteiger charge is -2.05. The molecule has 4 rings (SSSR count). The van der Waals surface area contributed by atoms with Crippen molar-refractivity contribution in [3.63, 3.8) is 0 Å². The number of carbonyl (C=O) groups is 2. The van der Waals surface area contributed by atoms with Gasteiger partial charge >= 0.3 is 0 Å². The zero-order valence-electron chi connectivity index (χ0n) is 18.5. The molecule has 0 radical (unpaired) electrons. The van der Waals surface area contributed by atoms with E-state index in [1.54, 1.807) is 10.9 Å². The Morgan fingerprint density at radius 3 is 2.55 bits per heavy atom. The lowest BCUT2D eigenvalue weighted by molar-refractivity contribution is -0.115. The first-order chi connectivity index (χ1) is 15.8. The lowest BCUT2D eigenvalue weighted by atomic mass is 10.0. The van der Waals surface area contributed by atoms with Crippen LogP contribution in [0.3, 0.4) is 0 Å². The van der Waals surface area contributed by atoms with Crippen LogP contribution in [-0.2, 0) is 4.79 Å². The van der Waals surface area contributed by atoms with Crippen molar-refractivity contribution in [2.75, 3.05) is 11.1 Å². The summed E-state index contributed by atoms with van der Waals surface area (Å²) >= 11 is 2.64. The van der Waals surface area contributed by atoms with Crippen LogP contribution in [0.4, 0.5) is 5.13 Å². The van der Waals surface area contributed by atoms with Gasteiger partial charge in [-0.15, -0.1) is 11.8 Å². The van der Waals surface area contributed by atoms with Crippen molar-refractivity contribution in [3.05, 3.63) is 77.1 Å². The van der Waals surface area contributed by atoms with Gasteiger partial charge in [-0.1, -0.05) is 41.7 Å². The van der Waals surface area contributed by atoms with Gasteiger partial charge in [0.05, 0.1) is 26.9 Å². The molecule has 0 unspecified atom stereocenters. The summed E-state index contributed by atoms with van der Waals surface area (Å²) in [6.07, 6.45) is 1.73. The molecule has 168 valence electrons. The second kappa shape index (κ2) is 9.60. The molecule has 2 amide bonds. The van der Waals surface area contributed by atoms with Crippen molar-refractivity contribution in [2.24, 2.45) is 5.73 Å².